The Balaban J connectivity index is 2.17. The van der Waals surface area contributed by atoms with Crippen LogP contribution >= 0.6 is 0 Å². The molecule has 0 aromatic carbocycles. The maximum atomic E-state index is 11.6. The van der Waals surface area contributed by atoms with E-state index in [2.05, 4.69) is 11.9 Å². The van der Waals surface area contributed by atoms with E-state index in [0.717, 1.165) is 12.8 Å². The molecule has 2 rings (SSSR count). The lowest BCUT2D eigenvalue weighted by Gasteiger charge is -2.28. The number of carbonyl (C=O) groups is 1. The molecule has 1 aliphatic rings. The smallest absolute Gasteiger partial charge is 0.360 e. The van der Waals surface area contributed by atoms with E-state index in [9.17, 15) is 4.79 Å². The first-order chi connectivity index (χ1) is 8.63. The summed E-state index contributed by atoms with van der Waals surface area (Å²) in [6, 6.07) is 0.365. The fraction of sp³-hybridized carbons (Fsp3) is 0.692. The highest BCUT2D eigenvalue weighted by Crippen LogP contribution is 2.34. The molecular formula is C13H21N3O2. The van der Waals surface area contributed by atoms with Gasteiger partial charge in [-0.3, -0.25) is 0 Å². The van der Waals surface area contributed by atoms with Crippen LogP contribution < -0.4 is 5.73 Å². The van der Waals surface area contributed by atoms with E-state index in [1.807, 2.05) is 4.57 Å². The van der Waals surface area contributed by atoms with E-state index in [4.69, 9.17) is 10.5 Å². The van der Waals surface area contributed by atoms with Crippen molar-refractivity contribution in [3.8, 4) is 0 Å². The minimum absolute atomic E-state index is 0.245. The molecule has 1 fully saturated rings. The van der Waals surface area contributed by atoms with Crippen LogP contribution in [0.5, 0.6) is 0 Å². The van der Waals surface area contributed by atoms with Crippen LogP contribution in [0, 0.1) is 5.92 Å². The van der Waals surface area contributed by atoms with Crippen molar-refractivity contribution in [2.45, 2.75) is 45.6 Å². The molecule has 0 aliphatic heterocycles. The second kappa shape index (κ2) is 5.42. The van der Waals surface area contributed by atoms with E-state index in [1.54, 1.807) is 13.3 Å². The minimum Gasteiger partial charge on any atom is -0.461 e. The van der Waals surface area contributed by atoms with Crippen LogP contribution in [0.1, 0.15) is 56.1 Å². The van der Waals surface area contributed by atoms with Gasteiger partial charge in [0.15, 0.2) is 5.69 Å². The summed E-state index contributed by atoms with van der Waals surface area (Å²) in [5, 5.41) is 0. The van der Waals surface area contributed by atoms with Crippen LogP contribution in [0.2, 0.25) is 0 Å². The summed E-state index contributed by atoms with van der Waals surface area (Å²) < 4.78 is 6.87. The van der Waals surface area contributed by atoms with E-state index >= 15 is 0 Å². The standard InChI is InChI=1S/C13H21N3O2/c1-3-18-13(17)11-12(14)16(8-15-11)10-6-4-5-9(2)7-10/h8-10H,3-7,14H2,1-2H3. The zero-order chi connectivity index (χ0) is 13.1. The van der Waals surface area contributed by atoms with E-state index < -0.39 is 5.97 Å². The van der Waals surface area contributed by atoms with Crippen molar-refractivity contribution in [2.24, 2.45) is 5.92 Å². The topological polar surface area (TPSA) is 70.1 Å². The van der Waals surface area contributed by atoms with Crippen LogP contribution in [-0.2, 0) is 4.74 Å². The van der Waals surface area contributed by atoms with E-state index in [1.165, 1.54) is 12.8 Å². The van der Waals surface area contributed by atoms with Crippen molar-refractivity contribution >= 4 is 11.8 Å². The van der Waals surface area contributed by atoms with E-state index in [0.29, 0.717) is 24.4 Å². The summed E-state index contributed by atoms with van der Waals surface area (Å²) in [6.45, 7) is 4.37. The van der Waals surface area contributed by atoms with Gasteiger partial charge in [-0.05, 0) is 25.7 Å². The largest absolute Gasteiger partial charge is 0.461 e. The highest BCUT2D eigenvalue weighted by Gasteiger charge is 2.25. The molecule has 0 radical (unpaired) electrons. The maximum absolute atomic E-state index is 11.6. The van der Waals surface area contributed by atoms with Gasteiger partial charge in [0.25, 0.3) is 0 Å². The van der Waals surface area contributed by atoms with Crippen molar-refractivity contribution in [1.29, 1.82) is 0 Å². The summed E-state index contributed by atoms with van der Waals surface area (Å²) in [7, 11) is 0. The number of ether oxygens (including phenoxy) is 1. The lowest BCUT2D eigenvalue weighted by molar-refractivity contribution is 0.0521. The van der Waals surface area contributed by atoms with Crippen molar-refractivity contribution in [3.63, 3.8) is 0 Å². The number of hydrogen-bond donors (Lipinski definition) is 1. The van der Waals surface area contributed by atoms with Gasteiger partial charge in [0, 0.05) is 6.04 Å². The van der Waals surface area contributed by atoms with Gasteiger partial charge >= 0.3 is 5.97 Å². The average molecular weight is 251 g/mol. The highest BCUT2D eigenvalue weighted by atomic mass is 16.5. The van der Waals surface area contributed by atoms with Crippen LogP contribution in [0.4, 0.5) is 5.82 Å². The Hall–Kier alpha value is -1.52. The highest BCUT2D eigenvalue weighted by molar-refractivity contribution is 5.92. The third kappa shape index (κ3) is 2.49. The molecule has 2 N–H and O–H groups in total. The number of hydrogen-bond acceptors (Lipinski definition) is 4. The lowest BCUT2D eigenvalue weighted by atomic mass is 9.87. The molecule has 1 aromatic heterocycles. The number of nitrogen functional groups attached to an aromatic ring is 1. The molecule has 0 amide bonds. The van der Waals surface area contributed by atoms with Crippen LogP contribution in [0.25, 0.3) is 0 Å². The minimum atomic E-state index is -0.433. The number of esters is 1. The van der Waals surface area contributed by atoms with Gasteiger partial charge in [-0.2, -0.15) is 0 Å². The molecule has 0 saturated heterocycles. The van der Waals surface area contributed by atoms with Gasteiger partial charge in [0.05, 0.1) is 12.9 Å². The number of aromatic nitrogens is 2. The van der Waals surface area contributed by atoms with Crippen LogP contribution in [0.3, 0.4) is 0 Å². The summed E-state index contributed by atoms with van der Waals surface area (Å²) in [4.78, 5) is 15.7. The number of carbonyl (C=O) groups excluding carboxylic acids is 1. The molecule has 5 nitrogen and oxygen atoms in total. The second-order valence-electron chi connectivity index (χ2n) is 5.03. The first-order valence-electron chi connectivity index (χ1n) is 6.62. The van der Waals surface area contributed by atoms with Gasteiger partial charge in [-0.15, -0.1) is 0 Å². The number of rotatable bonds is 3. The quantitative estimate of drug-likeness (QED) is 0.837. The molecular weight excluding hydrogens is 230 g/mol. The van der Waals surface area contributed by atoms with Gasteiger partial charge < -0.3 is 15.0 Å². The number of nitrogens with two attached hydrogens (primary N) is 1. The Kier molecular flexibility index (Phi) is 3.89. The van der Waals surface area contributed by atoms with Crippen LogP contribution in [0.15, 0.2) is 6.33 Å². The summed E-state index contributed by atoms with van der Waals surface area (Å²) in [5.74, 6) is 0.710. The fourth-order valence-corrected chi connectivity index (χ4v) is 2.67. The first kappa shape index (κ1) is 12.9. The van der Waals surface area contributed by atoms with Gasteiger partial charge in [-0.1, -0.05) is 19.8 Å². The zero-order valence-corrected chi connectivity index (χ0v) is 11.1. The third-order valence-electron chi connectivity index (χ3n) is 3.60. The predicted octanol–water partition coefficient (Wildman–Crippen LogP) is 2.39. The molecule has 1 aromatic rings. The molecule has 1 saturated carbocycles. The molecule has 2 unspecified atom stereocenters. The van der Waals surface area contributed by atoms with Crippen LogP contribution in [-0.4, -0.2) is 22.1 Å². The Morgan fingerprint density at radius 3 is 3.06 bits per heavy atom. The molecule has 1 heterocycles. The van der Waals surface area contributed by atoms with Gasteiger partial charge in [0.2, 0.25) is 0 Å². The zero-order valence-electron chi connectivity index (χ0n) is 11.1. The number of anilines is 1. The lowest BCUT2D eigenvalue weighted by Crippen LogP contribution is -2.19. The summed E-state index contributed by atoms with van der Waals surface area (Å²) in [5.41, 5.74) is 6.26. The van der Waals surface area contributed by atoms with E-state index in [-0.39, 0.29) is 5.69 Å². The Morgan fingerprint density at radius 2 is 2.39 bits per heavy atom. The van der Waals surface area contributed by atoms with Gasteiger partial charge in [-0.25, -0.2) is 9.78 Å². The predicted molar refractivity (Wildman–Crippen MR) is 69.3 cm³/mol. The Labute approximate surface area is 107 Å². The summed E-state index contributed by atoms with van der Waals surface area (Å²) >= 11 is 0. The fourth-order valence-electron chi connectivity index (χ4n) is 2.67. The normalized spacial score (nSPS) is 23.9. The molecule has 1 aliphatic carbocycles. The first-order valence-corrected chi connectivity index (χ1v) is 6.62. The monoisotopic (exact) mass is 251 g/mol. The van der Waals surface area contributed by atoms with Crippen molar-refractivity contribution in [1.82, 2.24) is 9.55 Å². The van der Waals surface area contributed by atoms with Crippen molar-refractivity contribution < 1.29 is 9.53 Å². The molecule has 100 valence electrons. The number of imidazole rings is 1. The molecule has 5 heteroatoms. The van der Waals surface area contributed by atoms with Gasteiger partial charge in [0.1, 0.15) is 5.82 Å². The average Bonchev–Trinajstić information content (AvgIpc) is 2.71. The SMILES string of the molecule is CCOC(=O)c1ncn(C2CCCC(C)C2)c1N. The Morgan fingerprint density at radius 1 is 1.61 bits per heavy atom. The maximum Gasteiger partial charge on any atom is 0.360 e. The molecule has 0 bridgehead atoms. The van der Waals surface area contributed by atoms with Crippen molar-refractivity contribution in [2.75, 3.05) is 12.3 Å². The molecule has 18 heavy (non-hydrogen) atoms. The molecule has 0 spiro atoms. The summed E-state index contributed by atoms with van der Waals surface area (Å²) in [6.07, 6.45) is 6.36. The molecule has 2 atom stereocenters. The Bertz CT molecular complexity index is 428. The van der Waals surface area contributed by atoms with Crippen molar-refractivity contribution in [3.05, 3.63) is 12.0 Å². The third-order valence-corrected chi connectivity index (χ3v) is 3.60. The second-order valence-corrected chi connectivity index (χ2v) is 5.03. The number of nitrogens with zero attached hydrogens (tertiary/aromatic N) is 2.